The molecule has 1 fully saturated rings. The molecule has 29 heavy (non-hydrogen) atoms. The van der Waals surface area contributed by atoms with Crippen molar-refractivity contribution in [3.8, 4) is 0 Å². The van der Waals surface area contributed by atoms with Gasteiger partial charge >= 0.3 is 0 Å². The molecule has 152 valence electrons. The van der Waals surface area contributed by atoms with Crippen molar-refractivity contribution in [2.75, 3.05) is 26.2 Å². The quantitative estimate of drug-likeness (QED) is 0.615. The monoisotopic (exact) mass is 396 g/mol. The van der Waals surface area contributed by atoms with Crippen LogP contribution in [-0.2, 0) is 4.79 Å². The van der Waals surface area contributed by atoms with Gasteiger partial charge in [0.1, 0.15) is 0 Å². The van der Waals surface area contributed by atoms with E-state index in [4.69, 9.17) is 5.73 Å². The number of hydrogen-bond acceptors (Lipinski definition) is 5. The molecule has 0 bridgehead atoms. The smallest absolute Gasteiger partial charge is 0.269 e. The van der Waals surface area contributed by atoms with Crippen molar-refractivity contribution in [1.29, 1.82) is 0 Å². The Hall–Kier alpha value is -3.26. The van der Waals surface area contributed by atoms with E-state index in [-0.39, 0.29) is 29.5 Å². The number of hydrogen-bond donors (Lipinski definition) is 1. The number of nitro benzene ring substituents is 1. The minimum absolute atomic E-state index is 0.0243. The van der Waals surface area contributed by atoms with Crippen LogP contribution in [0.5, 0.6) is 0 Å². The molecule has 2 amide bonds. The fourth-order valence-electron chi connectivity index (χ4n) is 3.44. The zero-order valence-corrected chi connectivity index (χ0v) is 16.2. The van der Waals surface area contributed by atoms with E-state index in [9.17, 15) is 19.7 Å². The highest BCUT2D eigenvalue weighted by Gasteiger charge is 2.30. The Balaban J connectivity index is 1.57. The van der Waals surface area contributed by atoms with Crippen molar-refractivity contribution in [2.24, 2.45) is 11.7 Å². The van der Waals surface area contributed by atoms with E-state index in [1.54, 1.807) is 9.80 Å². The topological polar surface area (TPSA) is 110 Å². The van der Waals surface area contributed by atoms with Gasteiger partial charge in [-0.25, -0.2) is 0 Å². The normalized spacial score (nSPS) is 16.2. The molecule has 0 spiro atoms. The molecular formula is C21H24N4O4. The summed E-state index contributed by atoms with van der Waals surface area (Å²) in [5.41, 5.74) is 7.53. The van der Waals surface area contributed by atoms with Crippen LogP contribution in [0.4, 0.5) is 5.69 Å². The average Bonchev–Trinajstić information content (AvgIpc) is 2.77. The lowest BCUT2D eigenvalue weighted by molar-refractivity contribution is -0.384. The van der Waals surface area contributed by atoms with Gasteiger partial charge in [-0.1, -0.05) is 37.3 Å². The van der Waals surface area contributed by atoms with E-state index in [2.05, 4.69) is 0 Å². The second-order valence-electron chi connectivity index (χ2n) is 7.15. The summed E-state index contributed by atoms with van der Waals surface area (Å²) in [6.07, 6.45) is 0. The largest absolute Gasteiger partial charge is 0.339 e. The predicted octanol–water partition coefficient (Wildman–Crippen LogP) is 2.22. The van der Waals surface area contributed by atoms with E-state index >= 15 is 0 Å². The third-order valence-corrected chi connectivity index (χ3v) is 5.32. The summed E-state index contributed by atoms with van der Waals surface area (Å²) < 4.78 is 0. The lowest BCUT2D eigenvalue weighted by Gasteiger charge is -2.37. The minimum atomic E-state index is -0.500. The SMILES string of the molecule is CC(C(=O)N1CCN(C(=O)c2ccc([N+](=O)[O-])cc2)CC1)C(N)c1ccccc1. The molecule has 0 saturated carbocycles. The summed E-state index contributed by atoms with van der Waals surface area (Å²) in [7, 11) is 0. The Morgan fingerprint density at radius 2 is 1.52 bits per heavy atom. The van der Waals surface area contributed by atoms with Crippen LogP contribution < -0.4 is 5.73 Å². The molecule has 0 radical (unpaired) electrons. The summed E-state index contributed by atoms with van der Waals surface area (Å²) in [6, 6.07) is 14.7. The van der Waals surface area contributed by atoms with Crippen LogP contribution in [0.1, 0.15) is 28.9 Å². The van der Waals surface area contributed by atoms with Crippen molar-refractivity contribution >= 4 is 17.5 Å². The van der Waals surface area contributed by atoms with Gasteiger partial charge in [0.2, 0.25) is 5.91 Å². The van der Waals surface area contributed by atoms with Crippen molar-refractivity contribution in [3.05, 3.63) is 75.8 Å². The molecule has 3 rings (SSSR count). The molecule has 8 heteroatoms. The number of carbonyl (C=O) groups is 2. The molecule has 2 unspecified atom stereocenters. The fourth-order valence-corrected chi connectivity index (χ4v) is 3.44. The molecule has 0 aromatic heterocycles. The molecule has 8 nitrogen and oxygen atoms in total. The van der Waals surface area contributed by atoms with E-state index in [1.165, 1.54) is 24.3 Å². The molecule has 2 N–H and O–H groups in total. The maximum absolute atomic E-state index is 12.8. The zero-order chi connectivity index (χ0) is 21.0. The molecule has 1 aliphatic heterocycles. The Morgan fingerprint density at radius 1 is 0.966 bits per heavy atom. The minimum Gasteiger partial charge on any atom is -0.339 e. The van der Waals surface area contributed by atoms with Crippen molar-refractivity contribution in [1.82, 2.24) is 9.80 Å². The molecule has 2 aromatic rings. The number of benzene rings is 2. The zero-order valence-electron chi connectivity index (χ0n) is 16.2. The van der Waals surface area contributed by atoms with Crippen LogP contribution in [0.25, 0.3) is 0 Å². The molecule has 2 atom stereocenters. The first-order chi connectivity index (χ1) is 13.9. The summed E-state index contributed by atoms with van der Waals surface area (Å²) in [4.78, 5) is 39.1. The number of nitro groups is 1. The van der Waals surface area contributed by atoms with Crippen LogP contribution in [0.15, 0.2) is 54.6 Å². The molecule has 1 heterocycles. The van der Waals surface area contributed by atoms with Gasteiger partial charge in [0.25, 0.3) is 11.6 Å². The van der Waals surface area contributed by atoms with Crippen LogP contribution in [0, 0.1) is 16.0 Å². The van der Waals surface area contributed by atoms with E-state index < -0.39 is 4.92 Å². The van der Waals surface area contributed by atoms with E-state index in [1.807, 2.05) is 37.3 Å². The highest BCUT2D eigenvalue weighted by Crippen LogP contribution is 2.22. The number of amides is 2. The van der Waals surface area contributed by atoms with Crippen LogP contribution in [-0.4, -0.2) is 52.7 Å². The van der Waals surface area contributed by atoms with Crippen molar-refractivity contribution in [2.45, 2.75) is 13.0 Å². The maximum atomic E-state index is 12.8. The molecule has 1 saturated heterocycles. The van der Waals surface area contributed by atoms with Crippen LogP contribution >= 0.6 is 0 Å². The molecule has 0 aliphatic carbocycles. The highest BCUT2D eigenvalue weighted by molar-refractivity contribution is 5.94. The summed E-state index contributed by atoms with van der Waals surface area (Å²) in [6.45, 7) is 3.52. The fraction of sp³-hybridized carbons (Fsp3) is 0.333. The van der Waals surface area contributed by atoms with Crippen molar-refractivity contribution in [3.63, 3.8) is 0 Å². The van der Waals surface area contributed by atoms with Gasteiger partial charge in [-0.15, -0.1) is 0 Å². The number of rotatable bonds is 5. The number of nitrogens with two attached hydrogens (primary N) is 1. The molecular weight excluding hydrogens is 372 g/mol. The Kier molecular flexibility index (Phi) is 6.23. The molecule has 2 aromatic carbocycles. The number of carbonyl (C=O) groups excluding carboxylic acids is 2. The van der Waals surface area contributed by atoms with Gasteiger partial charge in [-0.2, -0.15) is 0 Å². The Labute approximate surface area is 169 Å². The standard InChI is InChI=1S/C21H24N4O4/c1-15(19(22)16-5-3-2-4-6-16)20(26)23-11-13-24(14-12-23)21(27)17-7-9-18(10-8-17)25(28)29/h2-10,15,19H,11-14,22H2,1H3. The molecule has 1 aliphatic rings. The average molecular weight is 396 g/mol. The lowest BCUT2D eigenvalue weighted by Crippen LogP contribution is -2.52. The Morgan fingerprint density at radius 3 is 2.07 bits per heavy atom. The van der Waals surface area contributed by atoms with Gasteiger partial charge in [0.05, 0.1) is 10.8 Å². The summed E-state index contributed by atoms with van der Waals surface area (Å²) in [5, 5.41) is 10.7. The van der Waals surface area contributed by atoms with Gasteiger partial charge in [0.15, 0.2) is 0 Å². The van der Waals surface area contributed by atoms with E-state index in [0.717, 1.165) is 5.56 Å². The first-order valence-electron chi connectivity index (χ1n) is 9.51. The van der Waals surface area contributed by atoms with Gasteiger partial charge in [-0.3, -0.25) is 19.7 Å². The first kappa shape index (κ1) is 20.5. The number of piperazine rings is 1. The van der Waals surface area contributed by atoms with Gasteiger partial charge < -0.3 is 15.5 Å². The van der Waals surface area contributed by atoms with Gasteiger partial charge in [-0.05, 0) is 17.7 Å². The third kappa shape index (κ3) is 4.60. The predicted molar refractivity (Wildman–Crippen MR) is 108 cm³/mol. The second-order valence-corrected chi connectivity index (χ2v) is 7.15. The number of nitrogens with zero attached hydrogens (tertiary/aromatic N) is 3. The highest BCUT2D eigenvalue weighted by atomic mass is 16.6. The second kappa shape index (κ2) is 8.83. The lowest BCUT2D eigenvalue weighted by atomic mass is 9.94. The van der Waals surface area contributed by atoms with Crippen LogP contribution in [0.2, 0.25) is 0 Å². The van der Waals surface area contributed by atoms with Gasteiger partial charge in [0, 0.05) is 49.9 Å². The van der Waals surface area contributed by atoms with Crippen molar-refractivity contribution < 1.29 is 14.5 Å². The van der Waals surface area contributed by atoms with Crippen LogP contribution in [0.3, 0.4) is 0 Å². The maximum Gasteiger partial charge on any atom is 0.269 e. The summed E-state index contributed by atoms with van der Waals surface area (Å²) in [5.74, 6) is -0.584. The van der Waals surface area contributed by atoms with E-state index in [0.29, 0.717) is 31.7 Å². The number of non-ortho nitro benzene ring substituents is 1. The Bertz CT molecular complexity index is 877. The summed E-state index contributed by atoms with van der Waals surface area (Å²) >= 11 is 0. The third-order valence-electron chi connectivity index (χ3n) is 5.32. The first-order valence-corrected chi connectivity index (χ1v) is 9.51.